The Balaban J connectivity index is 1.43. The fourth-order valence-electron chi connectivity index (χ4n) is 4.75. The molecule has 0 N–H and O–H groups in total. The Morgan fingerprint density at radius 2 is 2.03 bits per heavy atom. The number of nitrogens with zero attached hydrogens (tertiary/aromatic N) is 6. The molecule has 3 saturated heterocycles. The summed E-state index contributed by atoms with van der Waals surface area (Å²) < 4.78 is 11.3. The molecule has 0 aliphatic carbocycles. The van der Waals surface area contributed by atoms with E-state index in [9.17, 15) is 10.1 Å². The lowest BCUT2D eigenvalue weighted by Crippen LogP contribution is -2.60. The van der Waals surface area contributed by atoms with Crippen molar-refractivity contribution < 1.29 is 14.3 Å². The highest BCUT2D eigenvalue weighted by molar-refractivity contribution is 6.30. The number of carbonyl (C=O) groups is 1. The van der Waals surface area contributed by atoms with E-state index in [1.54, 1.807) is 4.90 Å². The number of halogens is 1. The molecule has 0 saturated carbocycles. The van der Waals surface area contributed by atoms with Crippen molar-refractivity contribution in [3.8, 4) is 12.1 Å². The van der Waals surface area contributed by atoms with Gasteiger partial charge in [0, 0.05) is 37.6 Å². The average molecular weight is 463 g/mol. The first-order valence-electron chi connectivity index (χ1n) is 11.1. The third-order valence-electron chi connectivity index (χ3n) is 6.46. The predicted molar refractivity (Wildman–Crippen MR) is 120 cm³/mol. The molecule has 4 heterocycles. The summed E-state index contributed by atoms with van der Waals surface area (Å²) in [5.74, 6) is 0.509. The van der Waals surface area contributed by atoms with Gasteiger partial charge in [0.1, 0.15) is 23.8 Å². The van der Waals surface area contributed by atoms with Gasteiger partial charge in [0.05, 0.1) is 0 Å². The summed E-state index contributed by atoms with van der Waals surface area (Å²) >= 11 is 6.32. The van der Waals surface area contributed by atoms with Gasteiger partial charge in [-0.2, -0.15) is 15.2 Å². The summed E-state index contributed by atoms with van der Waals surface area (Å²) in [7, 11) is 2.09. The van der Waals surface area contributed by atoms with Gasteiger partial charge >= 0.3 is 12.1 Å². The topological polar surface area (TPSA) is 94.8 Å². The standard InChI is InChI=1S/C22H31ClN6O3/c1-21(2,3)32-20(30)29-13-22(14-29)7-9-28(12-22)18-16(10-24)17(23)25-19(26-18)31-11-15-6-5-8-27(15)4/h15H,5-9,11-14H2,1-4H3. The zero-order chi connectivity index (χ0) is 23.1. The number of carbonyl (C=O) groups excluding carboxylic acids is 1. The van der Waals surface area contributed by atoms with Crippen molar-refractivity contribution in [2.45, 2.75) is 51.7 Å². The minimum Gasteiger partial charge on any atom is -0.462 e. The summed E-state index contributed by atoms with van der Waals surface area (Å²) in [6, 6.07) is 2.68. The molecule has 1 aromatic rings. The van der Waals surface area contributed by atoms with Crippen LogP contribution in [-0.4, -0.2) is 83.9 Å². The molecule has 10 heteroatoms. The summed E-state index contributed by atoms with van der Waals surface area (Å²) in [5, 5.41) is 9.76. The smallest absolute Gasteiger partial charge is 0.410 e. The molecule has 0 aromatic carbocycles. The summed E-state index contributed by atoms with van der Waals surface area (Å²) in [6.45, 7) is 9.84. The zero-order valence-electron chi connectivity index (χ0n) is 19.2. The van der Waals surface area contributed by atoms with E-state index in [1.807, 2.05) is 20.8 Å². The predicted octanol–water partition coefficient (Wildman–Crippen LogP) is 2.92. The lowest BCUT2D eigenvalue weighted by atomic mass is 9.79. The minimum atomic E-state index is -0.509. The Bertz CT molecular complexity index is 921. The first-order valence-corrected chi connectivity index (χ1v) is 11.5. The SMILES string of the molecule is CN1CCCC1COc1nc(Cl)c(C#N)c(N2CCC3(CN(C(=O)OC(C)(C)C)C3)C2)n1. The Morgan fingerprint density at radius 3 is 2.66 bits per heavy atom. The maximum atomic E-state index is 12.3. The quantitative estimate of drug-likeness (QED) is 0.630. The maximum absolute atomic E-state index is 12.3. The van der Waals surface area contributed by atoms with Crippen LogP contribution in [0.5, 0.6) is 6.01 Å². The number of hydrogen-bond acceptors (Lipinski definition) is 8. The molecule has 0 bridgehead atoms. The van der Waals surface area contributed by atoms with Gasteiger partial charge in [-0.05, 0) is 53.6 Å². The number of anilines is 1. The maximum Gasteiger partial charge on any atom is 0.410 e. The van der Waals surface area contributed by atoms with Crippen molar-refractivity contribution in [2.75, 3.05) is 51.3 Å². The van der Waals surface area contributed by atoms with E-state index < -0.39 is 5.60 Å². The van der Waals surface area contributed by atoms with Gasteiger partial charge in [0.15, 0.2) is 11.0 Å². The molecule has 3 aliphatic rings. The van der Waals surface area contributed by atoms with Gasteiger partial charge in [0.25, 0.3) is 0 Å². The fraction of sp³-hybridized carbons (Fsp3) is 0.727. The van der Waals surface area contributed by atoms with Crippen LogP contribution in [0.3, 0.4) is 0 Å². The molecule has 1 spiro atoms. The fourth-order valence-corrected chi connectivity index (χ4v) is 4.95. The number of amides is 1. The van der Waals surface area contributed by atoms with E-state index in [1.165, 1.54) is 0 Å². The van der Waals surface area contributed by atoms with Gasteiger partial charge in [0.2, 0.25) is 0 Å². The first-order chi connectivity index (χ1) is 15.1. The average Bonchev–Trinajstić information content (AvgIpc) is 3.30. The number of hydrogen-bond donors (Lipinski definition) is 0. The largest absolute Gasteiger partial charge is 0.462 e. The molecule has 1 aromatic heterocycles. The second-order valence-electron chi connectivity index (χ2n) is 10.2. The number of nitriles is 1. The summed E-state index contributed by atoms with van der Waals surface area (Å²) in [5.41, 5.74) is -0.267. The summed E-state index contributed by atoms with van der Waals surface area (Å²) in [4.78, 5) is 27.1. The van der Waals surface area contributed by atoms with Crippen LogP contribution in [0, 0.1) is 16.7 Å². The monoisotopic (exact) mass is 462 g/mol. The molecular formula is C22H31ClN6O3. The van der Waals surface area contributed by atoms with Crippen LogP contribution in [0.25, 0.3) is 0 Å². The highest BCUT2D eigenvalue weighted by Gasteiger charge is 2.51. The second kappa shape index (κ2) is 8.56. The van der Waals surface area contributed by atoms with Crippen LogP contribution in [0.2, 0.25) is 5.15 Å². The number of aromatic nitrogens is 2. The van der Waals surface area contributed by atoms with Crippen LogP contribution in [0.1, 0.15) is 45.6 Å². The number of likely N-dealkylation sites (tertiary alicyclic amines) is 2. The number of ether oxygens (including phenoxy) is 2. The van der Waals surface area contributed by atoms with Gasteiger partial charge < -0.3 is 24.2 Å². The van der Waals surface area contributed by atoms with Crippen molar-refractivity contribution in [3.63, 3.8) is 0 Å². The van der Waals surface area contributed by atoms with Gasteiger partial charge in [-0.25, -0.2) is 4.79 Å². The molecule has 1 atom stereocenters. The molecule has 3 fully saturated rings. The van der Waals surface area contributed by atoms with Crippen molar-refractivity contribution >= 4 is 23.5 Å². The van der Waals surface area contributed by atoms with Gasteiger partial charge in [-0.15, -0.1) is 0 Å². The van der Waals surface area contributed by atoms with Crippen LogP contribution in [-0.2, 0) is 4.74 Å². The normalized spacial score (nSPS) is 22.7. The Hall–Kier alpha value is -2.31. The van der Waals surface area contributed by atoms with E-state index in [-0.39, 0.29) is 28.2 Å². The molecule has 1 unspecified atom stereocenters. The van der Waals surface area contributed by atoms with Crippen molar-refractivity contribution in [2.24, 2.45) is 5.41 Å². The van der Waals surface area contributed by atoms with Crippen LogP contribution in [0.4, 0.5) is 10.6 Å². The lowest BCUT2D eigenvalue weighted by Gasteiger charge is -2.47. The van der Waals surface area contributed by atoms with Crippen molar-refractivity contribution in [1.29, 1.82) is 5.26 Å². The molecule has 4 rings (SSSR count). The molecule has 174 valence electrons. The Labute approximate surface area is 194 Å². The molecule has 32 heavy (non-hydrogen) atoms. The van der Waals surface area contributed by atoms with Crippen molar-refractivity contribution in [1.82, 2.24) is 19.8 Å². The Morgan fingerprint density at radius 1 is 1.28 bits per heavy atom. The minimum absolute atomic E-state index is 0.0192. The number of rotatable bonds is 4. The van der Waals surface area contributed by atoms with E-state index in [4.69, 9.17) is 21.1 Å². The molecule has 9 nitrogen and oxygen atoms in total. The van der Waals surface area contributed by atoms with Crippen LogP contribution < -0.4 is 9.64 Å². The van der Waals surface area contributed by atoms with Crippen LogP contribution >= 0.6 is 11.6 Å². The summed E-state index contributed by atoms with van der Waals surface area (Å²) in [6.07, 6.45) is 2.86. The highest BCUT2D eigenvalue weighted by Crippen LogP contribution is 2.42. The first kappa shape index (κ1) is 22.9. The van der Waals surface area contributed by atoms with Crippen LogP contribution in [0.15, 0.2) is 0 Å². The lowest BCUT2D eigenvalue weighted by molar-refractivity contribution is -0.0266. The van der Waals surface area contributed by atoms with Gasteiger partial charge in [-0.1, -0.05) is 11.6 Å². The van der Waals surface area contributed by atoms with E-state index in [0.717, 1.165) is 32.4 Å². The zero-order valence-corrected chi connectivity index (χ0v) is 20.0. The molecule has 3 aliphatic heterocycles. The third kappa shape index (κ3) is 4.71. The Kier molecular flexibility index (Phi) is 6.12. The molecule has 1 amide bonds. The number of likely N-dealkylation sites (N-methyl/N-ethyl adjacent to an activating group) is 1. The van der Waals surface area contributed by atoms with Crippen molar-refractivity contribution in [3.05, 3.63) is 10.7 Å². The van der Waals surface area contributed by atoms with Gasteiger partial charge in [-0.3, -0.25) is 0 Å². The van der Waals surface area contributed by atoms with E-state index >= 15 is 0 Å². The molecule has 0 radical (unpaired) electrons. The van der Waals surface area contributed by atoms with E-state index in [0.29, 0.717) is 38.1 Å². The second-order valence-corrected chi connectivity index (χ2v) is 10.6. The van der Waals surface area contributed by atoms with E-state index in [2.05, 4.69) is 32.9 Å². The third-order valence-corrected chi connectivity index (χ3v) is 6.73. The molecular weight excluding hydrogens is 432 g/mol. The highest BCUT2D eigenvalue weighted by atomic mass is 35.5.